The molecule has 0 atom stereocenters. The minimum atomic E-state index is -0.465. The van der Waals surface area contributed by atoms with Gasteiger partial charge in [-0.2, -0.15) is 0 Å². The molecular weight excluding hydrogens is 401 g/mol. The molecule has 0 saturated carbocycles. The van der Waals surface area contributed by atoms with E-state index >= 15 is 0 Å². The van der Waals surface area contributed by atoms with Crippen LogP contribution in [0.15, 0.2) is 41.1 Å². The van der Waals surface area contributed by atoms with Crippen LogP contribution < -0.4 is 4.90 Å². The number of benzene rings is 1. The zero-order valence-electron chi connectivity index (χ0n) is 15.5. The van der Waals surface area contributed by atoms with Crippen LogP contribution in [0.3, 0.4) is 0 Å². The second-order valence-corrected chi connectivity index (χ2v) is 7.65. The number of amides is 1. The molecule has 2 aromatic heterocycles. The number of carbonyl (C=O) groups excluding carboxylic acids is 1. The van der Waals surface area contributed by atoms with Crippen LogP contribution in [-0.4, -0.2) is 39.4 Å². The number of carbonyl (C=O) groups is 1. The van der Waals surface area contributed by atoms with Gasteiger partial charge in [0, 0.05) is 38.3 Å². The van der Waals surface area contributed by atoms with Crippen molar-refractivity contribution in [3.05, 3.63) is 47.5 Å². The van der Waals surface area contributed by atoms with E-state index in [4.69, 9.17) is 4.74 Å². The fraction of sp³-hybridized carbons (Fsp3) is 0.333. The number of para-hydroxylation sites is 1. The van der Waals surface area contributed by atoms with Crippen LogP contribution in [0.1, 0.15) is 19.0 Å². The lowest BCUT2D eigenvalue weighted by Crippen LogP contribution is -2.23. The molecule has 1 amide bonds. The number of thiazole rings is 1. The van der Waals surface area contributed by atoms with Gasteiger partial charge in [-0.15, -0.1) is 21.5 Å². The predicted molar refractivity (Wildman–Crippen MR) is 107 cm³/mol. The Hall–Kier alpha value is -2.30. The van der Waals surface area contributed by atoms with Crippen molar-refractivity contribution in [1.29, 1.82) is 0 Å². The van der Waals surface area contributed by atoms with Crippen LogP contribution in [-0.2, 0) is 21.8 Å². The fourth-order valence-electron chi connectivity index (χ4n) is 2.53. The summed E-state index contributed by atoms with van der Waals surface area (Å²) in [5, 5.41) is 11.2. The lowest BCUT2D eigenvalue weighted by Gasteiger charge is -2.18. The highest BCUT2D eigenvalue weighted by Crippen LogP contribution is 2.32. The Morgan fingerprint density at radius 1 is 1.39 bits per heavy atom. The molecule has 3 aromatic rings. The van der Waals surface area contributed by atoms with Gasteiger partial charge in [0.15, 0.2) is 10.3 Å². The summed E-state index contributed by atoms with van der Waals surface area (Å²) in [4.78, 5) is 17.9. The molecule has 7 nitrogen and oxygen atoms in total. The number of hydrogen-bond acceptors (Lipinski definition) is 7. The zero-order chi connectivity index (χ0) is 19.9. The third-order valence-corrected chi connectivity index (χ3v) is 5.70. The van der Waals surface area contributed by atoms with Gasteiger partial charge in [0.2, 0.25) is 5.91 Å². The molecule has 0 aliphatic rings. The average Bonchev–Trinajstić information content (AvgIpc) is 3.31. The Morgan fingerprint density at radius 3 is 2.96 bits per heavy atom. The summed E-state index contributed by atoms with van der Waals surface area (Å²) in [5.41, 5.74) is 0.987. The van der Waals surface area contributed by atoms with Gasteiger partial charge in [-0.05, 0) is 18.6 Å². The number of rotatable bonds is 9. The molecule has 148 valence electrons. The second kappa shape index (κ2) is 9.76. The molecule has 0 fully saturated rings. The van der Waals surface area contributed by atoms with Crippen molar-refractivity contribution in [3.8, 4) is 0 Å². The maximum Gasteiger partial charge on any atom is 0.230 e. The first-order chi connectivity index (χ1) is 13.6. The first-order valence-corrected chi connectivity index (χ1v) is 10.5. The SMILES string of the molecule is COCCCn1cnnc1SCc1csc(N(C(C)=O)c2ccccc2F)n1. The van der Waals surface area contributed by atoms with Crippen LogP contribution in [0, 0.1) is 5.82 Å². The van der Waals surface area contributed by atoms with Gasteiger partial charge >= 0.3 is 0 Å². The van der Waals surface area contributed by atoms with Crippen molar-refractivity contribution < 1.29 is 13.9 Å². The maximum atomic E-state index is 14.2. The minimum Gasteiger partial charge on any atom is -0.385 e. The molecule has 0 aliphatic carbocycles. The summed E-state index contributed by atoms with van der Waals surface area (Å²) < 4.78 is 21.2. The molecule has 0 unspecified atom stereocenters. The number of hydrogen-bond donors (Lipinski definition) is 0. The smallest absolute Gasteiger partial charge is 0.230 e. The van der Waals surface area contributed by atoms with Crippen molar-refractivity contribution in [3.63, 3.8) is 0 Å². The van der Waals surface area contributed by atoms with E-state index in [1.54, 1.807) is 31.6 Å². The van der Waals surface area contributed by atoms with E-state index in [-0.39, 0.29) is 11.6 Å². The minimum absolute atomic E-state index is 0.196. The topological polar surface area (TPSA) is 73.1 Å². The fourth-order valence-corrected chi connectivity index (χ4v) is 4.35. The summed E-state index contributed by atoms with van der Waals surface area (Å²) in [7, 11) is 1.67. The van der Waals surface area contributed by atoms with Crippen LogP contribution in [0.2, 0.25) is 0 Å². The summed E-state index contributed by atoms with van der Waals surface area (Å²) in [6.45, 7) is 2.84. The van der Waals surface area contributed by atoms with Gasteiger partial charge in [0.1, 0.15) is 12.1 Å². The number of methoxy groups -OCH3 is 1. The molecule has 2 heterocycles. The van der Waals surface area contributed by atoms with Crippen molar-refractivity contribution in [1.82, 2.24) is 19.7 Å². The molecule has 0 bridgehead atoms. The lowest BCUT2D eigenvalue weighted by molar-refractivity contribution is -0.115. The molecule has 0 saturated heterocycles. The number of thioether (sulfide) groups is 1. The van der Waals surface area contributed by atoms with E-state index in [0.29, 0.717) is 17.5 Å². The highest BCUT2D eigenvalue weighted by atomic mass is 32.2. The van der Waals surface area contributed by atoms with Crippen LogP contribution >= 0.6 is 23.1 Å². The first-order valence-electron chi connectivity index (χ1n) is 8.59. The Morgan fingerprint density at radius 2 is 2.21 bits per heavy atom. The Labute approximate surface area is 170 Å². The number of nitrogens with zero attached hydrogens (tertiary/aromatic N) is 5. The number of halogens is 1. The van der Waals surface area contributed by atoms with Gasteiger partial charge in [-0.3, -0.25) is 9.69 Å². The van der Waals surface area contributed by atoms with E-state index in [1.165, 1.54) is 41.0 Å². The molecule has 1 aromatic carbocycles. The van der Waals surface area contributed by atoms with Crippen LogP contribution in [0.4, 0.5) is 15.2 Å². The van der Waals surface area contributed by atoms with Crippen molar-refractivity contribution >= 4 is 39.8 Å². The second-order valence-electron chi connectivity index (χ2n) is 5.87. The number of ether oxygens (including phenoxy) is 1. The van der Waals surface area contributed by atoms with E-state index in [9.17, 15) is 9.18 Å². The van der Waals surface area contributed by atoms with Crippen molar-refractivity contribution in [2.75, 3.05) is 18.6 Å². The predicted octanol–water partition coefficient (Wildman–Crippen LogP) is 3.89. The van der Waals surface area contributed by atoms with Gasteiger partial charge in [-0.1, -0.05) is 23.9 Å². The van der Waals surface area contributed by atoms with Crippen molar-refractivity contribution in [2.45, 2.75) is 30.8 Å². The Bertz CT molecular complexity index is 930. The monoisotopic (exact) mass is 421 g/mol. The Kier molecular flexibility index (Phi) is 7.12. The van der Waals surface area contributed by atoms with Crippen molar-refractivity contribution in [2.24, 2.45) is 0 Å². The zero-order valence-corrected chi connectivity index (χ0v) is 17.2. The Balaban J connectivity index is 1.69. The number of anilines is 2. The van der Waals surface area contributed by atoms with Gasteiger partial charge < -0.3 is 9.30 Å². The maximum absolute atomic E-state index is 14.2. The first kappa shape index (κ1) is 20.4. The average molecular weight is 422 g/mol. The molecule has 10 heteroatoms. The molecule has 28 heavy (non-hydrogen) atoms. The number of aromatic nitrogens is 4. The summed E-state index contributed by atoms with van der Waals surface area (Å²) in [6, 6.07) is 6.17. The molecule has 0 aliphatic heterocycles. The van der Waals surface area contributed by atoms with Crippen LogP contribution in [0.25, 0.3) is 0 Å². The standard InChI is InChI=1S/C18H20FN5O2S2/c1-13(25)24(16-7-4-3-6-15(16)19)17-21-14(10-27-17)11-28-18-22-20-12-23(18)8-5-9-26-2/h3-4,6-7,10,12H,5,8-9,11H2,1-2H3. The third kappa shape index (κ3) is 4.94. The molecule has 0 N–H and O–H groups in total. The third-order valence-electron chi connectivity index (χ3n) is 3.82. The molecule has 0 spiro atoms. The highest BCUT2D eigenvalue weighted by Gasteiger charge is 2.21. The van der Waals surface area contributed by atoms with Gasteiger partial charge in [-0.25, -0.2) is 9.37 Å². The van der Waals surface area contributed by atoms with Gasteiger partial charge in [0.05, 0.1) is 11.4 Å². The normalized spacial score (nSPS) is 11.0. The van der Waals surface area contributed by atoms with E-state index < -0.39 is 5.82 Å². The molecule has 3 rings (SSSR count). The largest absolute Gasteiger partial charge is 0.385 e. The summed E-state index contributed by atoms with van der Waals surface area (Å²) in [6.07, 6.45) is 2.57. The lowest BCUT2D eigenvalue weighted by atomic mass is 10.3. The van der Waals surface area contributed by atoms with Gasteiger partial charge in [0.25, 0.3) is 0 Å². The molecular formula is C18H20FN5O2S2. The quantitative estimate of drug-likeness (QED) is 0.386. The number of aryl methyl sites for hydroxylation is 1. The molecule has 0 radical (unpaired) electrons. The van der Waals surface area contributed by atoms with E-state index in [2.05, 4.69) is 15.2 Å². The summed E-state index contributed by atoms with van der Waals surface area (Å²) in [5.74, 6) is -0.188. The summed E-state index contributed by atoms with van der Waals surface area (Å²) >= 11 is 2.81. The van der Waals surface area contributed by atoms with E-state index in [1.807, 2.05) is 9.95 Å². The van der Waals surface area contributed by atoms with E-state index in [0.717, 1.165) is 23.8 Å². The van der Waals surface area contributed by atoms with Crippen LogP contribution in [0.5, 0.6) is 0 Å². The highest BCUT2D eigenvalue weighted by molar-refractivity contribution is 7.98.